The minimum Gasteiger partial charge on any atom is -0.378 e. The fraction of sp³-hybridized carbons (Fsp3) is 0.273. The van der Waals surface area contributed by atoms with Gasteiger partial charge < -0.3 is 15.0 Å². The first kappa shape index (κ1) is 22.4. The predicted octanol–water partition coefficient (Wildman–Crippen LogP) is 3.12. The van der Waals surface area contributed by atoms with Crippen molar-refractivity contribution in [1.29, 1.82) is 0 Å². The summed E-state index contributed by atoms with van der Waals surface area (Å²) in [5, 5.41) is 5.84. The zero-order valence-electron chi connectivity index (χ0n) is 17.8. The Kier molecular flexibility index (Phi) is 6.56. The van der Waals surface area contributed by atoms with Crippen LogP contribution >= 0.6 is 11.3 Å². The quantitative estimate of drug-likeness (QED) is 0.572. The van der Waals surface area contributed by atoms with E-state index in [1.54, 1.807) is 24.3 Å². The molecule has 1 aliphatic rings. The molecule has 1 fully saturated rings. The van der Waals surface area contributed by atoms with Crippen LogP contribution in [0.2, 0.25) is 0 Å². The largest absolute Gasteiger partial charge is 0.378 e. The van der Waals surface area contributed by atoms with E-state index in [-0.39, 0.29) is 10.8 Å². The number of hydrogen-bond donors (Lipinski definition) is 2. The van der Waals surface area contributed by atoms with E-state index in [0.717, 1.165) is 29.5 Å². The fourth-order valence-corrected chi connectivity index (χ4v) is 4.99. The van der Waals surface area contributed by atoms with Crippen LogP contribution in [0.1, 0.15) is 15.9 Å². The smallest absolute Gasteiger partial charge is 0.255 e. The van der Waals surface area contributed by atoms with Gasteiger partial charge in [0.25, 0.3) is 5.91 Å². The van der Waals surface area contributed by atoms with E-state index >= 15 is 0 Å². The average Bonchev–Trinajstić information content (AvgIpc) is 3.30. The SMILES string of the molecule is CNS(=O)(=O)c1ccc(C)c(C(=O)Nc2ccc(-c3csc(N4CCOCC4)n3)cc2)c1. The van der Waals surface area contributed by atoms with Crippen LogP contribution < -0.4 is 14.9 Å². The Morgan fingerprint density at radius 1 is 1.12 bits per heavy atom. The normalized spacial score (nSPS) is 14.4. The number of anilines is 2. The van der Waals surface area contributed by atoms with Gasteiger partial charge in [-0.25, -0.2) is 18.1 Å². The molecule has 1 amide bonds. The number of amides is 1. The highest BCUT2D eigenvalue weighted by atomic mass is 32.2. The molecule has 0 radical (unpaired) electrons. The molecule has 1 aromatic heterocycles. The monoisotopic (exact) mass is 472 g/mol. The number of morpholine rings is 1. The lowest BCUT2D eigenvalue weighted by molar-refractivity contribution is 0.102. The molecule has 1 aliphatic heterocycles. The van der Waals surface area contributed by atoms with Gasteiger partial charge in [0, 0.05) is 35.3 Å². The summed E-state index contributed by atoms with van der Waals surface area (Å²) in [6, 6.07) is 11.9. The maximum Gasteiger partial charge on any atom is 0.255 e. The van der Waals surface area contributed by atoms with Gasteiger partial charge in [0.2, 0.25) is 10.0 Å². The first-order chi connectivity index (χ1) is 15.4. The van der Waals surface area contributed by atoms with Crippen molar-refractivity contribution in [2.24, 2.45) is 0 Å². The molecule has 0 aliphatic carbocycles. The Bertz CT molecular complexity index is 1220. The van der Waals surface area contributed by atoms with Gasteiger partial charge in [0.05, 0.1) is 23.8 Å². The number of thiazole rings is 1. The van der Waals surface area contributed by atoms with E-state index in [4.69, 9.17) is 9.72 Å². The molecule has 0 atom stereocenters. The van der Waals surface area contributed by atoms with E-state index in [1.165, 1.54) is 19.2 Å². The second kappa shape index (κ2) is 9.37. The number of rotatable bonds is 6. The van der Waals surface area contributed by atoms with Gasteiger partial charge in [0.1, 0.15) is 0 Å². The van der Waals surface area contributed by atoms with Gasteiger partial charge in [-0.3, -0.25) is 4.79 Å². The zero-order chi connectivity index (χ0) is 22.7. The summed E-state index contributed by atoms with van der Waals surface area (Å²) in [6.07, 6.45) is 0. The first-order valence-corrected chi connectivity index (χ1v) is 12.5. The Morgan fingerprint density at radius 2 is 1.84 bits per heavy atom. The summed E-state index contributed by atoms with van der Waals surface area (Å²) >= 11 is 1.61. The number of aryl methyl sites for hydroxylation is 1. The molecule has 2 aromatic carbocycles. The average molecular weight is 473 g/mol. The molecule has 0 saturated carbocycles. The molecule has 0 bridgehead atoms. The summed E-state index contributed by atoms with van der Waals surface area (Å²) in [5.41, 5.74) is 3.45. The molecule has 0 unspecified atom stereocenters. The summed E-state index contributed by atoms with van der Waals surface area (Å²) in [7, 11) is -2.30. The minimum absolute atomic E-state index is 0.0469. The number of sulfonamides is 1. The molecule has 2 N–H and O–H groups in total. The van der Waals surface area contributed by atoms with Gasteiger partial charge in [-0.1, -0.05) is 18.2 Å². The Balaban J connectivity index is 1.48. The Morgan fingerprint density at radius 3 is 2.53 bits per heavy atom. The molecule has 0 spiro atoms. The van der Waals surface area contributed by atoms with Gasteiger partial charge >= 0.3 is 0 Å². The Hall–Kier alpha value is -2.79. The number of hydrogen-bond acceptors (Lipinski definition) is 7. The van der Waals surface area contributed by atoms with Crippen molar-refractivity contribution < 1.29 is 17.9 Å². The lowest BCUT2D eigenvalue weighted by Gasteiger charge is -2.26. The minimum atomic E-state index is -3.63. The molecule has 168 valence electrons. The van der Waals surface area contributed by atoms with Crippen molar-refractivity contribution in [2.45, 2.75) is 11.8 Å². The molecule has 3 aromatic rings. The van der Waals surface area contributed by atoms with Crippen LogP contribution in [0.15, 0.2) is 52.7 Å². The van der Waals surface area contributed by atoms with Crippen LogP contribution in [0, 0.1) is 6.92 Å². The van der Waals surface area contributed by atoms with Crippen molar-refractivity contribution in [3.05, 3.63) is 59.0 Å². The van der Waals surface area contributed by atoms with E-state index < -0.39 is 10.0 Å². The van der Waals surface area contributed by atoms with Crippen LogP contribution in [-0.2, 0) is 14.8 Å². The lowest BCUT2D eigenvalue weighted by Crippen LogP contribution is -2.36. The predicted molar refractivity (Wildman–Crippen MR) is 126 cm³/mol. The standard InChI is InChI=1S/C22H24N4O4S2/c1-15-3-8-18(32(28,29)23-2)13-19(15)21(27)24-17-6-4-16(5-7-17)20-14-31-22(25-20)26-9-11-30-12-10-26/h3-8,13-14,23H,9-12H2,1-2H3,(H,24,27). The van der Waals surface area contributed by atoms with Gasteiger partial charge in [-0.15, -0.1) is 11.3 Å². The lowest BCUT2D eigenvalue weighted by atomic mass is 10.1. The van der Waals surface area contributed by atoms with Gasteiger partial charge in [-0.05, 0) is 43.8 Å². The highest BCUT2D eigenvalue weighted by Gasteiger charge is 2.18. The number of ether oxygens (including phenoxy) is 1. The Labute approximate surface area is 191 Å². The van der Waals surface area contributed by atoms with E-state index in [2.05, 4.69) is 14.9 Å². The third-order valence-electron chi connectivity index (χ3n) is 5.24. The number of carbonyl (C=O) groups is 1. The summed E-state index contributed by atoms with van der Waals surface area (Å²) < 4.78 is 31.8. The van der Waals surface area contributed by atoms with Crippen molar-refractivity contribution in [2.75, 3.05) is 43.6 Å². The summed E-state index contributed by atoms with van der Waals surface area (Å²) in [5.74, 6) is -0.369. The van der Waals surface area contributed by atoms with E-state index in [0.29, 0.717) is 30.0 Å². The third kappa shape index (κ3) is 4.83. The third-order valence-corrected chi connectivity index (χ3v) is 7.56. The molecule has 4 rings (SSSR count). The number of aromatic nitrogens is 1. The van der Waals surface area contributed by atoms with Crippen LogP contribution in [-0.4, -0.2) is 52.7 Å². The highest BCUT2D eigenvalue weighted by Crippen LogP contribution is 2.29. The topological polar surface area (TPSA) is 101 Å². The maximum absolute atomic E-state index is 12.8. The number of benzene rings is 2. The summed E-state index contributed by atoms with van der Waals surface area (Å²) in [4.78, 5) is 19.8. The second-order valence-corrected chi connectivity index (χ2v) is 10.1. The van der Waals surface area contributed by atoms with Crippen LogP contribution in [0.5, 0.6) is 0 Å². The highest BCUT2D eigenvalue weighted by molar-refractivity contribution is 7.89. The fourth-order valence-electron chi connectivity index (χ4n) is 3.35. The molecule has 32 heavy (non-hydrogen) atoms. The van der Waals surface area contributed by atoms with Crippen molar-refractivity contribution in [1.82, 2.24) is 9.71 Å². The zero-order valence-corrected chi connectivity index (χ0v) is 19.4. The molecular weight excluding hydrogens is 448 g/mol. The van der Waals surface area contributed by atoms with Crippen molar-refractivity contribution in [3.63, 3.8) is 0 Å². The van der Waals surface area contributed by atoms with Crippen LogP contribution in [0.3, 0.4) is 0 Å². The van der Waals surface area contributed by atoms with Crippen LogP contribution in [0.25, 0.3) is 11.3 Å². The van der Waals surface area contributed by atoms with E-state index in [9.17, 15) is 13.2 Å². The molecular formula is C22H24N4O4S2. The molecule has 10 heteroatoms. The molecule has 2 heterocycles. The molecule has 1 saturated heterocycles. The van der Waals surface area contributed by atoms with Gasteiger partial charge in [-0.2, -0.15) is 0 Å². The second-order valence-electron chi connectivity index (χ2n) is 7.33. The van der Waals surface area contributed by atoms with Crippen molar-refractivity contribution in [3.8, 4) is 11.3 Å². The van der Waals surface area contributed by atoms with E-state index in [1.807, 2.05) is 29.6 Å². The van der Waals surface area contributed by atoms with Gasteiger partial charge in [0.15, 0.2) is 5.13 Å². The summed E-state index contributed by atoms with van der Waals surface area (Å²) in [6.45, 7) is 4.88. The maximum atomic E-state index is 12.8. The van der Waals surface area contributed by atoms with Crippen molar-refractivity contribution >= 4 is 38.1 Å². The number of nitrogens with one attached hydrogen (secondary N) is 2. The first-order valence-electron chi connectivity index (χ1n) is 10.1. The molecule has 8 nitrogen and oxygen atoms in total. The number of nitrogens with zero attached hydrogens (tertiary/aromatic N) is 2. The number of carbonyl (C=O) groups excluding carboxylic acids is 1. The van der Waals surface area contributed by atoms with Crippen LogP contribution in [0.4, 0.5) is 10.8 Å².